The van der Waals surface area contributed by atoms with Gasteiger partial charge in [-0.25, -0.2) is 18.9 Å². The molecular weight excluding hydrogens is 698 g/mol. The Balaban J connectivity index is 0.807. The van der Waals surface area contributed by atoms with Crippen LogP contribution in [0.3, 0.4) is 0 Å². The van der Waals surface area contributed by atoms with Crippen molar-refractivity contribution in [1.29, 1.82) is 0 Å². The molecule has 55 heavy (non-hydrogen) atoms. The lowest BCUT2D eigenvalue weighted by molar-refractivity contribution is -0.136. The number of pyridine rings is 1. The number of halogens is 1. The van der Waals surface area contributed by atoms with Crippen LogP contribution in [0.2, 0.25) is 0 Å². The van der Waals surface area contributed by atoms with Crippen LogP contribution in [0.1, 0.15) is 66.9 Å². The molecule has 0 saturated carbocycles. The predicted octanol–water partition coefficient (Wildman–Crippen LogP) is 5.10. The van der Waals surface area contributed by atoms with Gasteiger partial charge in [0.15, 0.2) is 5.65 Å². The molecule has 1 aliphatic carbocycles. The van der Waals surface area contributed by atoms with E-state index in [0.29, 0.717) is 24.9 Å². The number of hydrogen-bond acceptors (Lipinski definition) is 9. The second-order valence-electron chi connectivity index (χ2n) is 15.6. The Kier molecular flexibility index (Phi) is 9.41. The number of fused-ring (bicyclic) bond motifs is 2. The van der Waals surface area contributed by atoms with Crippen molar-refractivity contribution in [3.63, 3.8) is 0 Å². The van der Waals surface area contributed by atoms with Crippen LogP contribution in [0.25, 0.3) is 17.0 Å². The number of piperazine rings is 1. The van der Waals surface area contributed by atoms with E-state index in [1.165, 1.54) is 5.56 Å². The van der Waals surface area contributed by atoms with Crippen molar-refractivity contribution in [3.8, 4) is 11.4 Å². The molecule has 3 fully saturated rings. The van der Waals surface area contributed by atoms with Gasteiger partial charge in [0.2, 0.25) is 11.8 Å². The smallest absolute Gasteiger partial charge is 0.255 e. The summed E-state index contributed by atoms with van der Waals surface area (Å²) in [6.07, 6.45) is 10.8. The molecule has 0 spiro atoms. The number of benzene rings is 1. The van der Waals surface area contributed by atoms with Gasteiger partial charge < -0.3 is 14.7 Å². The van der Waals surface area contributed by atoms with Gasteiger partial charge in [0.25, 0.3) is 5.91 Å². The number of nitrogens with zero attached hydrogens (tertiary/aromatic N) is 8. The van der Waals surface area contributed by atoms with Gasteiger partial charge in [-0.15, -0.1) is 5.10 Å². The minimum absolute atomic E-state index is 0.0420. The molecule has 4 aliphatic heterocycles. The summed E-state index contributed by atoms with van der Waals surface area (Å²) in [7, 11) is 0. The number of carbonyl (C=O) groups excluding carboxylic acids is 3. The Labute approximate surface area is 319 Å². The summed E-state index contributed by atoms with van der Waals surface area (Å²) >= 11 is 0. The summed E-state index contributed by atoms with van der Waals surface area (Å²) in [5, 5.41) is 7.43. The predicted molar refractivity (Wildman–Crippen MR) is 207 cm³/mol. The summed E-state index contributed by atoms with van der Waals surface area (Å²) in [6, 6.07) is 15.7. The maximum Gasteiger partial charge on any atom is 0.255 e. The minimum atomic E-state index is -0.595. The summed E-state index contributed by atoms with van der Waals surface area (Å²) in [4.78, 5) is 55.6. The van der Waals surface area contributed by atoms with E-state index in [9.17, 15) is 18.8 Å². The fourth-order valence-corrected chi connectivity index (χ4v) is 9.00. The van der Waals surface area contributed by atoms with Gasteiger partial charge in [-0.2, -0.15) is 0 Å². The Morgan fingerprint density at radius 3 is 2.64 bits per heavy atom. The Hall–Kier alpha value is -5.43. The maximum atomic E-state index is 14.4. The molecule has 1 aromatic carbocycles. The first-order valence-corrected chi connectivity index (χ1v) is 19.7. The number of piperidine rings is 1. The number of aryl methyl sites for hydroxylation is 1. The molecule has 0 bridgehead atoms. The largest absolute Gasteiger partial charge is 0.354 e. The van der Waals surface area contributed by atoms with Crippen molar-refractivity contribution in [1.82, 2.24) is 34.7 Å². The molecule has 0 radical (unpaired) electrons. The SMILES string of the molecule is CC1C=C(C2CCCN2c2ccc3ncc(-c4cccc(N5CCN(CCCc6ccc7c(c6)CN(C6CCC(=O)NC6=O)C7=O)CC5)n4)n3n2)C=C(F)C1. The van der Waals surface area contributed by atoms with Crippen LogP contribution in [-0.4, -0.2) is 98.5 Å². The number of allylic oxidation sites excluding steroid dienone is 2. The highest BCUT2D eigenvalue weighted by atomic mass is 19.1. The van der Waals surface area contributed by atoms with Gasteiger partial charge in [0, 0.05) is 57.7 Å². The molecule has 3 aromatic heterocycles. The first-order valence-electron chi connectivity index (χ1n) is 19.7. The molecule has 3 amide bonds. The van der Waals surface area contributed by atoms with Crippen molar-refractivity contribution in [2.45, 2.75) is 70.5 Å². The van der Waals surface area contributed by atoms with Crippen LogP contribution >= 0.6 is 0 Å². The number of imidazole rings is 1. The zero-order valence-electron chi connectivity index (χ0n) is 31.2. The zero-order chi connectivity index (χ0) is 37.6. The third-order valence-corrected chi connectivity index (χ3v) is 11.8. The summed E-state index contributed by atoms with van der Waals surface area (Å²) in [5.74, 6) is 1.15. The van der Waals surface area contributed by atoms with E-state index in [-0.39, 0.29) is 41.9 Å². The van der Waals surface area contributed by atoms with Gasteiger partial charge in [0.1, 0.15) is 29.2 Å². The second kappa shape index (κ2) is 14.7. The van der Waals surface area contributed by atoms with Crippen molar-refractivity contribution in [2.75, 3.05) is 49.1 Å². The molecule has 3 unspecified atom stereocenters. The number of anilines is 2. The van der Waals surface area contributed by atoms with Gasteiger partial charge in [0.05, 0.1) is 17.9 Å². The molecule has 5 aliphatic rings. The lowest BCUT2D eigenvalue weighted by Gasteiger charge is -2.35. The van der Waals surface area contributed by atoms with E-state index in [4.69, 9.17) is 10.1 Å². The molecule has 3 saturated heterocycles. The van der Waals surface area contributed by atoms with Crippen LogP contribution < -0.4 is 15.1 Å². The first kappa shape index (κ1) is 35.3. The number of aromatic nitrogens is 4. The van der Waals surface area contributed by atoms with Gasteiger partial charge in [-0.05, 0) is 97.7 Å². The molecule has 12 nitrogen and oxygen atoms in total. The number of imide groups is 1. The standard InChI is InChI=1S/C42H46FN9O3/c1-27-21-29(24-31(43)22-27)34-7-4-16-50(34)39-13-12-37-44-25-36(52(37)47-39)33-6-2-8-38(45-33)49-19-17-48(18-20-49)15-3-5-28-9-10-32-30(23-28)26-51(42(32)55)35-11-14-40(53)46-41(35)54/h2,6,8-10,12-13,21,23-25,27,34-35H,3-5,7,11,14-20,22,26H2,1H3,(H,46,53,54). The van der Waals surface area contributed by atoms with Gasteiger partial charge in [-0.3, -0.25) is 24.6 Å². The van der Waals surface area contributed by atoms with E-state index >= 15 is 0 Å². The highest BCUT2D eigenvalue weighted by Gasteiger charge is 2.39. The highest BCUT2D eigenvalue weighted by Crippen LogP contribution is 2.35. The van der Waals surface area contributed by atoms with Crippen molar-refractivity contribution >= 4 is 35.0 Å². The van der Waals surface area contributed by atoms with E-state index in [0.717, 1.165) is 105 Å². The second-order valence-corrected chi connectivity index (χ2v) is 15.6. The van der Waals surface area contributed by atoms with E-state index < -0.39 is 6.04 Å². The topological polar surface area (TPSA) is 119 Å². The van der Waals surface area contributed by atoms with Crippen LogP contribution in [0.15, 0.2) is 78.3 Å². The fourth-order valence-electron chi connectivity index (χ4n) is 9.00. The normalized spacial score (nSPS) is 23.3. The van der Waals surface area contributed by atoms with Crippen LogP contribution in [-0.2, 0) is 22.6 Å². The van der Waals surface area contributed by atoms with E-state index in [1.807, 2.05) is 41.0 Å². The molecular formula is C42H46FN9O3. The zero-order valence-corrected chi connectivity index (χ0v) is 31.2. The Morgan fingerprint density at radius 2 is 1.80 bits per heavy atom. The van der Waals surface area contributed by atoms with Crippen LogP contribution in [0.5, 0.6) is 0 Å². The quantitative estimate of drug-likeness (QED) is 0.234. The molecule has 7 heterocycles. The number of carbonyl (C=O) groups is 3. The van der Waals surface area contributed by atoms with Gasteiger partial charge in [-0.1, -0.05) is 31.2 Å². The summed E-state index contributed by atoms with van der Waals surface area (Å²) in [5.41, 5.74) is 6.26. The molecule has 13 heteroatoms. The number of amides is 3. The van der Waals surface area contributed by atoms with E-state index in [2.05, 4.69) is 56.2 Å². The number of nitrogens with one attached hydrogen (secondary N) is 1. The average Bonchev–Trinajstić information content (AvgIpc) is 3.92. The molecule has 1 N–H and O–H groups in total. The summed E-state index contributed by atoms with van der Waals surface area (Å²) < 4.78 is 16.3. The molecule has 3 atom stereocenters. The lowest BCUT2D eigenvalue weighted by atomic mass is 9.92. The van der Waals surface area contributed by atoms with Crippen molar-refractivity contribution < 1.29 is 18.8 Å². The Morgan fingerprint density at radius 1 is 0.927 bits per heavy atom. The average molecular weight is 744 g/mol. The fraction of sp³-hybridized carbons (Fsp3) is 0.429. The third kappa shape index (κ3) is 7.01. The van der Waals surface area contributed by atoms with Crippen molar-refractivity contribution in [3.05, 3.63) is 95.0 Å². The van der Waals surface area contributed by atoms with Crippen LogP contribution in [0.4, 0.5) is 16.0 Å². The number of rotatable bonds is 9. The monoisotopic (exact) mass is 743 g/mol. The highest BCUT2D eigenvalue weighted by molar-refractivity contribution is 6.05. The van der Waals surface area contributed by atoms with Crippen molar-refractivity contribution in [2.24, 2.45) is 5.92 Å². The molecule has 4 aromatic rings. The Bertz CT molecular complexity index is 2220. The minimum Gasteiger partial charge on any atom is -0.354 e. The van der Waals surface area contributed by atoms with Crippen LogP contribution in [0, 0.1) is 5.92 Å². The molecule has 9 rings (SSSR count). The van der Waals surface area contributed by atoms with E-state index in [1.54, 1.807) is 11.0 Å². The first-order chi connectivity index (χ1) is 26.8. The lowest BCUT2D eigenvalue weighted by Crippen LogP contribution is -2.52. The van der Waals surface area contributed by atoms with Gasteiger partial charge >= 0.3 is 0 Å². The maximum absolute atomic E-state index is 14.4. The summed E-state index contributed by atoms with van der Waals surface area (Å²) in [6.45, 7) is 7.97. The number of hydrogen-bond donors (Lipinski definition) is 1. The third-order valence-electron chi connectivity index (χ3n) is 11.8. The molecule has 284 valence electrons.